The third kappa shape index (κ3) is 6.47. The number of hydrogen-bond acceptors (Lipinski definition) is 5. The maximum Gasteiger partial charge on any atom is 0.273 e. The van der Waals surface area contributed by atoms with Gasteiger partial charge in [0, 0.05) is 24.7 Å². The summed E-state index contributed by atoms with van der Waals surface area (Å²) >= 11 is 0. The maximum atomic E-state index is 12.9. The van der Waals surface area contributed by atoms with E-state index < -0.39 is 4.92 Å². The van der Waals surface area contributed by atoms with Crippen molar-refractivity contribution in [3.05, 3.63) is 63.7 Å². The molecule has 0 radical (unpaired) electrons. The zero-order valence-electron chi connectivity index (χ0n) is 17.9. The minimum atomic E-state index is -0.448. The number of hydrogen-bond donors (Lipinski definition) is 0. The first kappa shape index (κ1) is 23.2. The number of nitro benzene ring substituents is 1. The first-order valence-corrected chi connectivity index (χ1v) is 10.4. The fourth-order valence-corrected chi connectivity index (χ4v) is 3.15. The van der Waals surface area contributed by atoms with Crippen LogP contribution in [0.2, 0.25) is 0 Å². The Labute approximate surface area is 177 Å². The van der Waals surface area contributed by atoms with Gasteiger partial charge in [-0.1, -0.05) is 38.1 Å². The van der Waals surface area contributed by atoms with Gasteiger partial charge in [0.1, 0.15) is 0 Å². The van der Waals surface area contributed by atoms with Crippen LogP contribution in [0.25, 0.3) is 0 Å². The Hall–Kier alpha value is -3.09. The van der Waals surface area contributed by atoms with Crippen molar-refractivity contribution in [1.82, 2.24) is 4.90 Å². The SMILES string of the molecule is CCCOc1ccc(CN(CCC)C(=O)Cc2ccccc2[N+](=O)[O-])cc1OCC. The molecule has 0 bridgehead atoms. The van der Waals surface area contributed by atoms with Crippen LogP contribution in [0, 0.1) is 10.1 Å². The van der Waals surface area contributed by atoms with E-state index >= 15 is 0 Å². The standard InChI is InChI=1S/C23H30N2O5/c1-4-13-24(23(26)16-19-9-7-8-10-20(19)25(27)28)17-18-11-12-21(30-14-5-2)22(15-18)29-6-3/h7-12,15H,4-6,13-14,16-17H2,1-3H3. The molecule has 2 rings (SSSR count). The molecule has 0 saturated heterocycles. The summed E-state index contributed by atoms with van der Waals surface area (Å²) in [5.41, 5.74) is 1.32. The van der Waals surface area contributed by atoms with Crippen LogP contribution in [0.1, 0.15) is 44.7 Å². The number of benzene rings is 2. The highest BCUT2D eigenvalue weighted by Gasteiger charge is 2.20. The number of carbonyl (C=O) groups is 1. The summed E-state index contributed by atoms with van der Waals surface area (Å²) in [6, 6.07) is 12.1. The Bertz CT molecular complexity index is 853. The highest BCUT2D eigenvalue weighted by Crippen LogP contribution is 2.29. The molecule has 0 spiro atoms. The lowest BCUT2D eigenvalue weighted by atomic mass is 10.1. The zero-order valence-corrected chi connectivity index (χ0v) is 17.9. The van der Waals surface area contributed by atoms with Crippen molar-refractivity contribution in [2.24, 2.45) is 0 Å². The average molecular weight is 415 g/mol. The lowest BCUT2D eigenvalue weighted by Gasteiger charge is -2.23. The van der Waals surface area contributed by atoms with Crippen molar-refractivity contribution < 1.29 is 19.2 Å². The molecule has 0 aliphatic rings. The van der Waals surface area contributed by atoms with E-state index in [0.29, 0.717) is 43.4 Å². The molecule has 0 aromatic heterocycles. The van der Waals surface area contributed by atoms with Gasteiger partial charge < -0.3 is 14.4 Å². The summed E-state index contributed by atoms with van der Waals surface area (Å²) in [6.45, 7) is 8.05. The van der Waals surface area contributed by atoms with E-state index in [-0.39, 0.29) is 18.0 Å². The second-order valence-corrected chi connectivity index (χ2v) is 6.94. The van der Waals surface area contributed by atoms with Crippen LogP contribution >= 0.6 is 0 Å². The van der Waals surface area contributed by atoms with Gasteiger partial charge in [-0.2, -0.15) is 0 Å². The van der Waals surface area contributed by atoms with Crippen molar-refractivity contribution in [1.29, 1.82) is 0 Å². The Morgan fingerprint density at radius 1 is 1.03 bits per heavy atom. The highest BCUT2D eigenvalue weighted by molar-refractivity contribution is 5.80. The van der Waals surface area contributed by atoms with Crippen LogP contribution < -0.4 is 9.47 Å². The van der Waals surface area contributed by atoms with E-state index in [1.165, 1.54) is 6.07 Å². The smallest absolute Gasteiger partial charge is 0.273 e. The number of rotatable bonds is 12. The second kappa shape index (κ2) is 11.8. The van der Waals surface area contributed by atoms with Gasteiger partial charge in [0.05, 0.1) is 24.6 Å². The number of para-hydroxylation sites is 1. The predicted molar refractivity (Wildman–Crippen MR) is 116 cm³/mol. The molecule has 7 heteroatoms. The molecule has 0 N–H and O–H groups in total. The minimum Gasteiger partial charge on any atom is -0.490 e. The quantitative estimate of drug-likeness (QED) is 0.369. The molecular weight excluding hydrogens is 384 g/mol. The molecule has 0 atom stereocenters. The van der Waals surface area contributed by atoms with Crippen LogP contribution in [0.15, 0.2) is 42.5 Å². The Morgan fingerprint density at radius 2 is 1.80 bits per heavy atom. The van der Waals surface area contributed by atoms with Crippen molar-refractivity contribution in [3.8, 4) is 11.5 Å². The fraction of sp³-hybridized carbons (Fsp3) is 0.435. The van der Waals surface area contributed by atoms with E-state index in [0.717, 1.165) is 18.4 Å². The monoisotopic (exact) mass is 414 g/mol. The van der Waals surface area contributed by atoms with Gasteiger partial charge in [-0.3, -0.25) is 14.9 Å². The van der Waals surface area contributed by atoms with Crippen LogP contribution in [-0.4, -0.2) is 35.5 Å². The molecule has 7 nitrogen and oxygen atoms in total. The molecule has 0 fully saturated rings. The molecule has 0 unspecified atom stereocenters. The number of nitrogens with zero attached hydrogens (tertiary/aromatic N) is 2. The van der Waals surface area contributed by atoms with Crippen molar-refractivity contribution in [2.45, 2.75) is 46.6 Å². The largest absolute Gasteiger partial charge is 0.490 e. The van der Waals surface area contributed by atoms with Crippen molar-refractivity contribution >= 4 is 11.6 Å². The Balaban J connectivity index is 2.19. The Kier molecular flexibility index (Phi) is 9.12. The van der Waals surface area contributed by atoms with E-state index in [1.54, 1.807) is 23.1 Å². The molecule has 0 aliphatic carbocycles. The third-order valence-electron chi connectivity index (χ3n) is 4.52. The summed E-state index contributed by atoms with van der Waals surface area (Å²) < 4.78 is 11.5. The Morgan fingerprint density at radius 3 is 2.47 bits per heavy atom. The van der Waals surface area contributed by atoms with Gasteiger partial charge in [-0.25, -0.2) is 0 Å². The van der Waals surface area contributed by atoms with Gasteiger partial charge in [0.2, 0.25) is 5.91 Å². The second-order valence-electron chi connectivity index (χ2n) is 6.94. The molecule has 1 amide bonds. The van der Waals surface area contributed by atoms with Crippen molar-refractivity contribution in [3.63, 3.8) is 0 Å². The lowest BCUT2D eigenvalue weighted by molar-refractivity contribution is -0.385. The first-order valence-electron chi connectivity index (χ1n) is 10.4. The van der Waals surface area contributed by atoms with E-state index in [2.05, 4.69) is 0 Å². The molecule has 2 aromatic rings. The number of amides is 1. The van der Waals surface area contributed by atoms with Gasteiger partial charge in [-0.15, -0.1) is 0 Å². The van der Waals surface area contributed by atoms with Gasteiger partial charge in [-0.05, 0) is 37.5 Å². The van der Waals surface area contributed by atoms with E-state index in [4.69, 9.17) is 9.47 Å². The van der Waals surface area contributed by atoms with Crippen LogP contribution in [0.4, 0.5) is 5.69 Å². The summed E-state index contributed by atoms with van der Waals surface area (Å²) in [6.07, 6.45) is 1.68. The van der Waals surface area contributed by atoms with E-state index in [1.807, 2.05) is 39.0 Å². The molecule has 162 valence electrons. The topological polar surface area (TPSA) is 81.9 Å². The van der Waals surface area contributed by atoms with Crippen molar-refractivity contribution in [2.75, 3.05) is 19.8 Å². The lowest BCUT2D eigenvalue weighted by Crippen LogP contribution is -2.32. The average Bonchev–Trinajstić information content (AvgIpc) is 2.73. The minimum absolute atomic E-state index is 0.00678. The molecule has 0 saturated carbocycles. The van der Waals surface area contributed by atoms with Gasteiger partial charge in [0.15, 0.2) is 11.5 Å². The number of nitro groups is 1. The number of carbonyl (C=O) groups excluding carboxylic acids is 1. The number of ether oxygens (including phenoxy) is 2. The van der Waals surface area contributed by atoms with Crippen LogP contribution in [0.5, 0.6) is 11.5 Å². The van der Waals surface area contributed by atoms with Gasteiger partial charge >= 0.3 is 0 Å². The summed E-state index contributed by atoms with van der Waals surface area (Å²) in [5, 5.41) is 11.3. The van der Waals surface area contributed by atoms with Gasteiger partial charge in [0.25, 0.3) is 5.69 Å². The van der Waals surface area contributed by atoms with E-state index in [9.17, 15) is 14.9 Å². The summed E-state index contributed by atoms with van der Waals surface area (Å²) in [7, 11) is 0. The molecule has 30 heavy (non-hydrogen) atoms. The maximum absolute atomic E-state index is 12.9. The third-order valence-corrected chi connectivity index (χ3v) is 4.52. The fourth-order valence-electron chi connectivity index (χ4n) is 3.15. The summed E-state index contributed by atoms with van der Waals surface area (Å²) in [5.74, 6) is 1.21. The zero-order chi connectivity index (χ0) is 21.9. The predicted octanol–water partition coefficient (Wildman–Crippen LogP) is 4.76. The summed E-state index contributed by atoms with van der Waals surface area (Å²) in [4.78, 5) is 25.5. The molecule has 0 heterocycles. The molecule has 2 aromatic carbocycles. The molecule has 0 aliphatic heterocycles. The van der Waals surface area contributed by atoms with Crippen LogP contribution in [0.3, 0.4) is 0 Å². The normalized spacial score (nSPS) is 10.5. The molecular formula is C23H30N2O5. The first-order chi connectivity index (χ1) is 14.5. The highest BCUT2D eigenvalue weighted by atomic mass is 16.6. The van der Waals surface area contributed by atoms with Crippen LogP contribution in [-0.2, 0) is 17.8 Å².